The first kappa shape index (κ1) is 17.2. The predicted octanol–water partition coefficient (Wildman–Crippen LogP) is 2.92. The van der Waals surface area contributed by atoms with Crippen molar-refractivity contribution in [1.82, 2.24) is 0 Å². The summed E-state index contributed by atoms with van der Waals surface area (Å²) >= 11 is 4.24. The molecule has 0 radical (unpaired) electrons. The second-order valence-corrected chi connectivity index (χ2v) is 5.25. The van der Waals surface area contributed by atoms with Gasteiger partial charge in [-0.3, -0.25) is 4.79 Å². The number of aliphatic hydroxyl groups is 1. The fraction of sp³-hybridized carbons (Fsp3) is 0.235. The van der Waals surface area contributed by atoms with Crippen molar-refractivity contribution < 1.29 is 24.1 Å². The fourth-order valence-corrected chi connectivity index (χ4v) is 2.39. The smallest absolute Gasteiger partial charge is 0.195 e. The van der Waals surface area contributed by atoms with Gasteiger partial charge in [0.05, 0.1) is 21.3 Å². The third-order valence-electron chi connectivity index (χ3n) is 3.44. The monoisotopic (exact) mass is 334 g/mol. The number of Topliss-reactive ketones (excluding diaryl/α,β-unsaturated/α-hetero) is 1. The van der Waals surface area contributed by atoms with Crippen LogP contribution in [0.2, 0.25) is 0 Å². The minimum atomic E-state index is -1.31. The molecule has 23 heavy (non-hydrogen) atoms. The van der Waals surface area contributed by atoms with Gasteiger partial charge in [-0.05, 0) is 35.9 Å². The third kappa shape index (κ3) is 3.60. The van der Waals surface area contributed by atoms with E-state index in [1.807, 2.05) is 0 Å². The number of thiol groups is 1. The molecule has 0 bridgehead atoms. The van der Waals surface area contributed by atoms with Crippen molar-refractivity contribution in [3.8, 4) is 17.2 Å². The van der Waals surface area contributed by atoms with E-state index in [-0.39, 0.29) is 0 Å². The maximum atomic E-state index is 12.5. The summed E-state index contributed by atoms with van der Waals surface area (Å²) in [7, 11) is 4.50. The first-order valence-electron chi connectivity index (χ1n) is 6.83. The number of methoxy groups -OCH3 is 3. The first-order chi connectivity index (χ1) is 11.0. The highest BCUT2D eigenvalue weighted by Gasteiger charge is 2.21. The zero-order chi connectivity index (χ0) is 17.0. The Balaban J connectivity index is 2.32. The number of carbonyl (C=O) groups excluding carboxylic acids is 1. The Kier molecular flexibility index (Phi) is 5.52. The molecule has 0 aliphatic rings. The summed E-state index contributed by atoms with van der Waals surface area (Å²) in [5.74, 6) is 0.985. The molecule has 0 saturated carbocycles. The molecule has 0 amide bonds. The molecule has 1 atom stereocenters. The molecule has 0 fully saturated rings. The standard InChI is InChI=1S/C17H18O5S/c1-20-12-6-4-10(8-13(12)21-2)16(18)17(19)11-5-7-15(23)14(9-11)22-3/h4-9,17,19,23H,1-3H3. The van der Waals surface area contributed by atoms with Crippen LogP contribution in [0.3, 0.4) is 0 Å². The summed E-state index contributed by atoms with van der Waals surface area (Å²) in [4.78, 5) is 13.1. The van der Waals surface area contributed by atoms with E-state index in [1.54, 1.807) is 30.3 Å². The lowest BCUT2D eigenvalue weighted by Gasteiger charge is -2.14. The average Bonchev–Trinajstić information content (AvgIpc) is 2.60. The highest BCUT2D eigenvalue weighted by molar-refractivity contribution is 7.80. The number of hydrogen-bond donors (Lipinski definition) is 2. The molecule has 1 unspecified atom stereocenters. The van der Waals surface area contributed by atoms with E-state index in [0.29, 0.717) is 33.3 Å². The van der Waals surface area contributed by atoms with E-state index in [0.717, 1.165) is 0 Å². The minimum absolute atomic E-state index is 0.323. The fourth-order valence-electron chi connectivity index (χ4n) is 2.16. The van der Waals surface area contributed by atoms with Crippen molar-refractivity contribution in [2.75, 3.05) is 21.3 Å². The number of ether oxygens (including phenoxy) is 3. The summed E-state index contributed by atoms with van der Waals surface area (Å²) in [5, 5.41) is 10.3. The van der Waals surface area contributed by atoms with E-state index in [2.05, 4.69) is 12.6 Å². The molecule has 6 heteroatoms. The van der Waals surface area contributed by atoms with Gasteiger partial charge in [0.15, 0.2) is 17.3 Å². The van der Waals surface area contributed by atoms with Gasteiger partial charge in [0.25, 0.3) is 0 Å². The third-order valence-corrected chi connectivity index (χ3v) is 3.81. The van der Waals surface area contributed by atoms with Crippen LogP contribution < -0.4 is 14.2 Å². The molecule has 1 N–H and O–H groups in total. The van der Waals surface area contributed by atoms with Crippen molar-refractivity contribution in [1.29, 1.82) is 0 Å². The van der Waals surface area contributed by atoms with E-state index in [1.165, 1.54) is 27.4 Å². The number of hydrogen-bond acceptors (Lipinski definition) is 6. The largest absolute Gasteiger partial charge is 0.496 e. The molecular formula is C17H18O5S. The lowest BCUT2D eigenvalue weighted by molar-refractivity contribution is 0.0746. The number of aliphatic hydroxyl groups excluding tert-OH is 1. The Morgan fingerprint density at radius 3 is 2.22 bits per heavy atom. The van der Waals surface area contributed by atoms with E-state index in [4.69, 9.17) is 14.2 Å². The number of rotatable bonds is 6. The maximum absolute atomic E-state index is 12.5. The van der Waals surface area contributed by atoms with Crippen LogP contribution >= 0.6 is 12.6 Å². The first-order valence-corrected chi connectivity index (χ1v) is 7.27. The van der Waals surface area contributed by atoms with Gasteiger partial charge in [-0.15, -0.1) is 12.6 Å². The van der Waals surface area contributed by atoms with Gasteiger partial charge in [0.2, 0.25) is 0 Å². The van der Waals surface area contributed by atoms with E-state index >= 15 is 0 Å². The van der Waals surface area contributed by atoms with E-state index in [9.17, 15) is 9.90 Å². The lowest BCUT2D eigenvalue weighted by Crippen LogP contribution is -2.12. The highest BCUT2D eigenvalue weighted by atomic mass is 32.1. The van der Waals surface area contributed by atoms with Crippen molar-refractivity contribution >= 4 is 18.4 Å². The van der Waals surface area contributed by atoms with Crippen LogP contribution in [0.4, 0.5) is 0 Å². The van der Waals surface area contributed by atoms with Gasteiger partial charge >= 0.3 is 0 Å². The minimum Gasteiger partial charge on any atom is -0.496 e. The summed E-state index contributed by atoms with van der Waals surface area (Å²) in [6.07, 6.45) is -1.31. The molecule has 0 heterocycles. The van der Waals surface area contributed by atoms with Gasteiger partial charge in [0, 0.05) is 10.5 Å². The molecule has 2 aromatic rings. The molecular weight excluding hydrogens is 316 g/mol. The van der Waals surface area contributed by atoms with Crippen LogP contribution in [-0.2, 0) is 0 Å². The molecule has 0 aromatic heterocycles. The molecule has 2 rings (SSSR count). The molecule has 2 aromatic carbocycles. The summed E-state index contributed by atoms with van der Waals surface area (Å²) in [6, 6.07) is 9.63. The lowest BCUT2D eigenvalue weighted by atomic mass is 9.99. The zero-order valence-electron chi connectivity index (χ0n) is 13.1. The van der Waals surface area contributed by atoms with Crippen molar-refractivity contribution in [2.24, 2.45) is 0 Å². The maximum Gasteiger partial charge on any atom is 0.195 e. The Labute approximate surface area is 140 Å². The Bertz CT molecular complexity index is 714. The van der Waals surface area contributed by atoms with Crippen molar-refractivity contribution in [2.45, 2.75) is 11.0 Å². The van der Waals surface area contributed by atoms with E-state index < -0.39 is 11.9 Å². The normalized spacial score (nSPS) is 11.7. The molecule has 0 spiro atoms. The zero-order valence-corrected chi connectivity index (χ0v) is 14.0. The van der Waals surface area contributed by atoms with Crippen molar-refractivity contribution in [3.63, 3.8) is 0 Å². The molecule has 0 aliphatic heterocycles. The van der Waals surface area contributed by atoms with Crippen molar-refractivity contribution in [3.05, 3.63) is 47.5 Å². The van der Waals surface area contributed by atoms with Crippen LogP contribution in [0.25, 0.3) is 0 Å². The van der Waals surface area contributed by atoms with Crippen LogP contribution in [0.15, 0.2) is 41.3 Å². The number of carbonyl (C=O) groups is 1. The van der Waals surface area contributed by atoms with Crippen LogP contribution in [0.1, 0.15) is 22.0 Å². The number of benzene rings is 2. The summed E-state index contributed by atoms with van der Waals surface area (Å²) < 4.78 is 15.5. The van der Waals surface area contributed by atoms with Gasteiger partial charge in [-0.25, -0.2) is 0 Å². The molecule has 0 aliphatic carbocycles. The summed E-state index contributed by atoms with van der Waals surface area (Å²) in [5.41, 5.74) is 0.753. The number of ketones is 1. The van der Waals surface area contributed by atoms with Crippen LogP contribution in [0.5, 0.6) is 17.2 Å². The SMILES string of the molecule is COc1cc(C(O)C(=O)c2ccc(OC)c(OC)c2)ccc1S. The van der Waals surface area contributed by atoms with Gasteiger partial charge in [-0.1, -0.05) is 6.07 Å². The van der Waals surface area contributed by atoms with Gasteiger partial charge in [-0.2, -0.15) is 0 Å². The van der Waals surface area contributed by atoms with Crippen LogP contribution in [-0.4, -0.2) is 32.2 Å². The topological polar surface area (TPSA) is 65.0 Å². The Morgan fingerprint density at radius 1 is 0.957 bits per heavy atom. The second-order valence-electron chi connectivity index (χ2n) is 4.77. The predicted molar refractivity (Wildman–Crippen MR) is 89.1 cm³/mol. The van der Waals surface area contributed by atoms with Gasteiger partial charge < -0.3 is 19.3 Å². The average molecular weight is 334 g/mol. The second kappa shape index (κ2) is 7.39. The molecule has 5 nitrogen and oxygen atoms in total. The summed E-state index contributed by atoms with van der Waals surface area (Å²) in [6.45, 7) is 0. The molecule has 122 valence electrons. The Morgan fingerprint density at radius 2 is 1.61 bits per heavy atom. The molecule has 0 saturated heterocycles. The van der Waals surface area contributed by atoms with Gasteiger partial charge in [0.1, 0.15) is 11.9 Å². The Hall–Kier alpha value is -2.18. The highest BCUT2D eigenvalue weighted by Crippen LogP contribution is 2.31. The quantitative estimate of drug-likeness (QED) is 0.628. The van der Waals surface area contributed by atoms with Crippen LogP contribution in [0, 0.1) is 0 Å².